The number of aliphatic hydroxyl groups is 1. The fraction of sp³-hybridized carbons (Fsp3) is 0.500. The molecule has 16 heavy (non-hydrogen) atoms. The molecule has 2 nitrogen and oxygen atoms in total. The van der Waals surface area contributed by atoms with Crippen molar-refractivity contribution in [3.63, 3.8) is 0 Å². The summed E-state index contributed by atoms with van der Waals surface area (Å²) in [7, 11) is 2.00. The largest absolute Gasteiger partial charge is 0.393 e. The van der Waals surface area contributed by atoms with Crippen molar-refractivity contribution in [2.75, 3.05) is 13.6 Å². The summed E-state index contributed by atoms with van der Waals surface area (Å²) >= 11 is 12.0. The van der Waals surface area contributed by atoms with E-state index in [0.717, 1.165) is 30.1 Å². The summed E-state index contributed by atoms with van der Waals surface area (Å²) in [5.41, 5.74) is 1.02. The Bertz CT molecular complexity index is 342. The Balaban J connectivity index is 2.55. The molecule has 1 unspecified atom stereocenters. The van der Waals surface area contributed by atoms with Gasteiger partial charge in [-0.1, -0.05) is 23.2 Å². The van der Waals surface area contributed by atoms with E-state index in [-0.39, 0.29) is 6.10 Å². The quantitative estimate of drug-likeness (QED) is 0.880. The predicted octanol–water partition coefficient (Wildman–Crippen LogP) is 3.20. The highest BCUT2D eigenvalue weighted by Crippen LogP contribution is 2.21. The lowest BCUT2D eigenvalue weighted by Crippen LogP contribution is -2.22. The van der Waals surface area contributed by atoms with Crippen LogP contribution in [-0.4, -0.2) is 29.7 Å². The van der Waals surface area contributed by atoms with Crippen molar-refractivity contribution in [3.05, 3.63) is 33.8 Å². The van der Waals surface area contributed by atoms with Crippen molar-refractivity contribution < 1.29 is 5.11 Å². The van der Waals surface area contributed by atoms with E-state index in [2.05, 4.69) is 4.90 Å². The Labute approximate surface area is 107 Å². The van der Waals surface area contributed by atoms with Gasteiger partial charge >= 0.3 is 0 Å². The highest BCUT2D eigenvalue weighted by molar-refractivity contribution is 6.33. The van der Waals surface area contributed by atoms with E-state index >= 15 is 0 Å². The highest BCUT2D eigenvalue weighted by atomic mass is 35.5. The van der Waals surface area contributed by atoms with Crippen LogP contribution in [0.4, 0.5) is 0 Å². The zero-order valence-corrected chi connectivity index (χ0v) is 11.1. The molecule has 1 aromatic rings. The Hall–Kier alpha value is -0.280. The van der Waals surface area contributed by atoms with Gasteiger partial charge in [0.2, 0.25) is 0 Å². The van der Waals surface area contributed by atoms with Gasteiger partial charge in [-0.05, 0) is 44.2 Å². The summed E-state index contributed by atoms with van der Waals surface area (Å²) in [5, 5.41) is 10.6. The maximum absolute atomic E-state index is 9.19. The Morgan fingerprint density at radius 3 is 2.69 bits per heavy atom. The monoisotopic (exact) mass is 261 g/mol. The van der Waals surface area contributed by atoms with Gasteiger partial charge in [0.05, 0.1) is 6.10 Å². The van der Waals surface area contributed by atoms with Crippen molar-refractivity contribution in [1.82, 2.24) is 4.90 Å². The average molecular weight is 262 g/mol. The molecule has 0 saturated heterocycles. The first kappa shape index (κ1) is 13.8. The van der Waals surface area contributed by atoms with Gasteiger partial charge in [0.1, 0.15) is 0 Å². The number of rotatable bonds is 5. The maximum Gasteiger partial charge on any atom is 0.0524 e. The summed E-state index contributed by atoms with van der Waals surface area (Å²) in [5.74, 6) is 0. The van der Waals surface area contributed by atoms with Crippen molar-refractivity contribution in [2.24, 2.45) is 0 Å². The van der Waals surface area contributed by atoms with E-state index < -0.39 is 0 Å². The van der Waals surface area contributed by atoms with Gasteiger partial charge in [-0.15, -0.1) is 0 Å². The lowest BCUT2D eigenvalue weighted by Gasteiger charge is -2.18. The van der Waals surface area contributed by atoms with Crippen LogP contribution in [0.15, 0.2) is 18.2 Å². The number of nitrogens with zero attached hydrogens (tertiary/aromatic N) is 1. The highest BCUT2D eigenvalue weighted by Gasteiger charge is 2.06. The van der Waals surface area contributed by atoms with Gasteiger partial charge in [0.15, 0.2) is 0 Å². The smallest absolute Gasteiger partial charge is 0.0524 e. The SMILES string of the molecule is CC(O)CCN(C)Cc1cc(Cl)ccc1Cl. The molecule has 0 aliphatic rings. The van der Waals surface area contributed by atoms with E-state index in [1.807, 2.05) is 19.2 Å². The second kappa shape index (κ2) is 6.45. The lowest BCUT2D eigenvalue weighted by atomic mass is 10.2. The van der Waals surface area contributed by atoms with E-state index in [1.165, 1.54) is 0 Å². The molecule has 0 heterocycles. The molecule has 0 fully saturated rings. The molecule has 0 saturated carbocycles. The Morgan fingerprint density at radius 2 is 2.06 bits per heavy atom. The first-order valence-electron chi connectivity index (χ1n) is 5.29. The standard InChI is InChI=1S/C12H17Cl2NO/c1-9(16)5-6-15(2)8-10-7-11(13)3-4-12(10)14/h3-4,7,9,16H,5-6,8H2,1-2H3. The molecule has 0 spiro atoms. The summed E-state index contributed by atoms with van der Waals surface area (Å²) in [6.45, 7) is 3.37. The first-order valence-corrected chi connectivity index (χ1v) is 6.05. The molecule has 0 aliphatic carbocycles. The molecule has 1 atom stereocenters. The lowest BCUT2D eigenvalue weighted by molar-refractivity contribution is 0.163. The molecular formula is C12H17Cl2NO. The molecule has 0 aromatic heterocycles. The van der Waals surface area contributed by atoms with E-state index in [0.29, 0.717) is 5.02 Å². The average Bonchev–Trinajstić information content (AvgIpc) is 2.20. The summed E-state index contributed by atoms with van der Waals surface area (Å²) in [4.78, 5) is 2.12. The molecular weight excluding hydrogens is 245 g/mol. The van der Waals surface area contributed by atoms with Gasteiger partial charge in [-0.3, -0.25) is 0 Å². The van der Waals surface area contributed by atoms with E-state index in [1.54, 1.807) is 13.0 Å². The minimum absolute atomic E-state index is 0.266. The summed E-state index contributed by atoms with van der Waals surface area (Å²) in [6.07, 6.45) is 0.492. The van der Waals surface area contributed by atoms with Crippen LogP contribution in [0.2, 0.25) is 10.0 Å². The van der Waals surface area contributed by atoms with Crippen LogP contribution in [0, 0.1) is 0 Å². The minimum Gasteiger partial charge on any atom is -0.393 e. The third kappa shape index (κ3) is 4.71. The predicted molar refractivity (Wildman–Crippen MR) is 69.1 cm³/mol. The summed E-state index contributed by atoms with van der Waals surface area (Å²) < 4.78 is 0. The van der Waals surface area contributed by atoms with Gasteiger partial charge < -0.3 is 10.0 Å². The van der Waals surface area contributed by atoms with Crippen LogP contribution in [0.25, 0.3) is 0 Å². The molecule has 1 rings (SSSR count). The van der Waals surface area contributed by atoms with Crippen LogP contribution in [0.1, 0.15) is 18.9 Å². The zero-order valence-electron chi connectivity index (χ0n) is 9.58. The number of halogens is 2. The second-order valence-corrected chi connectivity index (χ2v) is 4.95. The fourth-order valence-electron chi connectivity index (χ4n) is 1.44. The minimum atomic E-state index is -0.266. The van der Waals surface area contributed by atoms with Gasteiger partial charge in [-0.25, -0.2) is 0 Å². The van der Waals surface area contributed by atoms with Crippen LogP contribution in [0.5, 0.6) is 0 Å². The number of benzene rings is 1. The van der Waals surface area contributed by atoms with Crippen molar-refractivity contribution >= 4 is 23.2 Å². The van der Waals surface area contributed by atoms with Gasteiger partial charge in [-0.2, -0.15) is 0 Å². The Morgan fingerprint density at radius 1 is 1.38 bits per heavy atom. The molecule has 1 N–H and O–H groups in total. The van der Waals surface area contributed by atoms with Gasteiger partial charge in [0.25, 0.3) is 0 Å². The molecule has 0 aliphatic heterocycles. The molecule has 0 radical (unpaired) electrons. The van der Waals surface area contributed by atoms with Gasteiger partial charge in [0, 0.05) is 23.1 Å². The van der Waals surface area contributed by atoms with Crippen molar-refractivity contribution in [3.8, 4) is 0 Å². The third-order valence-electron chi connectivity index (χ3n) is 2.38. The molecule has 0 bridgehead atoms. The number of aliphatic hydroxyl groups excluding tert-OH is 1. The third-order valence-corrected chi connectivity index (χ3v) is 2.98. The Kier molecular flexibility index (Phi) is 5.56. The second-order valence-electron chi connectivity index (χ2n) is 4.11. The topological polar surface area (TPSA) is 23.5 Å². The summed E-state index contributed by atoms with van der Waals surface area (Å²) in [6, 6.07) is 5.47. The maximum atomic E-state index is 9.19. The normalized spacial score (nSPS) is 13.1. The number of hydrogen-bond donors (Lipinski definition) is 1. The molecule has 90 valence electrons. The molecule has 0 amide bonds. The fourth-order valence-corrected chi connectivity index (χ4v) is 1.81. The molecule has 4 heteroatoms. The number of hydrogen-bond acceptors (Lipinski definition) is 2. The van der Waals surface area contributed by atoms with Crippen LogP contribution < -0.4 is 0 Å². The van der Waals surface area contributed by atoms with Crippen LogP contribution >= 0.6 is 23.2 Å². The first-order chi connectivity index (χ1) is 7.49. The van der Waals surface area contributed by atoms with Crippen LogP contribution in [0.3, 0.4) is 0 Å². The zero-order chi connectivity index (χ0) is 12.1. The van der Waals surface area contributed by atoms with Crippen molar-refractivity contribution in [1.29, 1.82) is 0 Å². The molecule has 1 aromatic carbocycles. The van der Waals surface area contributed by atoms with Crippen LogP contribution in [-0.2, 0) is 6.54 Å². The van der Waals surface area contributed by atoms with E-state index in [9.17, 15) is 5.11 Å². The van der Waals surface area contributed by atoms with Crippen molar-refractivity contribution in [2.45, 2.75) is 26.0 Å². The van der Waals surface area contributed by atoms with E-state index in [4.69, 9.17) is 23.2 Å².